The highest BCUT2D eigenvalue weighted by Gasteiger charge is 2.27. The van der Waals surface area contributed by atoms with E-state index in [1.165, 1.54) is 18.3 Å². The fourth-order valence-corrected chi connectivity index (χ4v) is 0.779. The van der Waals surface area contributed by atoms with E-state index in [1.807, 2.05) is 0 Å². The van der Waals surface area contributed by atoms with Gasteiger partial charge < -0.3 is 5.11 Å². The van der Waals surface area contributed by atoms with Crippen molar-refractivity contribution < 1.29 is 23.1 Å². The molecule has 84 valence electrons. The number of rotatable bonds is 4. The van der Waals surface area contributed by atoms with Gasteiger partial charge in [0.15, 0.2) is 6.61 Å². The van der Waals surface area contributed by atoms with Gasteiger partial charge in [-0.15, -0.1) is 0 Å². The Balaban J connectivity index is 2.23. The Morgan fingerprint density at radius 2 is 2.13 bits per heavy atom. The van der Waals surface area contributed by atoms with Crippen LogP contribution in [0.3, 0.4) is 0 Å². The van der Waals surface area contributed by atoms with Gasteiger partial charge in [-0.25, -0.2) is 0 Å². The molecule has 2 N–H and O–H groups in total. The van der Waals surface area contributed by atoms with Crippen LogP contribution in [0.2, 0.25) is 0 Å². The lowest BCUT2D eigenvalue weighted by Crippen LogP contribution is -2.24. The van der Waals surface area contributed by atoms with Crippen LogP contribution in [0.5, 0.6) is 5.75 Å². The number of hydrogen-bond acceptors (Lipinski definition) is 4. The van der Waals surface area contributed by atoms with Gasteiger partial charge >= 0.3 is 6.18 Å². The Bertz CT molecular complexity index is 300. The van der Waals surface area contributed by atoms with Gasteiger partial charge in [0.2, 0.25) is 0 Å². The molecule has 0 aliphatic carbocycles. The number of hydrogen-bond donors (Lipinski definition) is 2. The lowest BCUT2D eigenvalue weighted by molar-refractivity contribution is -0.190. The van der Waals surface area contributed by atoms with Crippen molar-refractivity contribution in [2.24, 2.45) is 0 Å². The van der Waals surface area contributed by atoms with Crippen molar-refractivity contribution in [1.29, 1.82) is 0 Å². The molecular weight excluding hydrogens is 213 g/mol. The summed E-state index contributed by atoms with van der Waals surface area (Å²) in [6, 6.07) is 2.85. The highest BCUT2D eigenvalue weighted by molar-refractivity contribution is 5.17. The minimum atomic E-state index is -4.35. The topological polar surface area (TPSA) is 54.4 Å². The average molecular weight is 222 g/mol. The van der Waals surface area contributed by atoms with Crippen LogP contribution in [0.1, 0.15) is 5.69 Å². The molecule has 7 heteroatoms. The first-order valence-electron chi connectivity index (χ1n) is 4.03. The highest BCUT2D eigenvalue weighted by Crippen LogP contribution is 2.13. The van der Waals surface area contributed by atoms with Crippen molar-refractivity contribution in [1.82, 2.24) is 10.5 Å². The molecule has 0 saturated carbocycles. The Morgan fingerprint density at radius 1 is 1.40 bits per heavy atom. The number of halogens is 3. The zero-order valence-electron chi connectivity index (χ0n) is 7.58. The second-order valence-corrected chi connectivity index (χ2v) is 2.73. The molecule has 0 fully saturated rings. The Hall–Kier alpha value is -1.34. The molecule has 1 aromatic rings. The van der Waals surface area contributed by atoms with E-state index in [0.29, 0.717) is 5.69 Å². The molecule has 0 aliphatic heterocycles. The molecule has 0 amide bonds. The molecule has 0 bridgehead atoms. The lowest BCUT2D eigenvalue weighted by Gasteiger charge is -2.07. The molecule has 15 heavy (non-hydrogen) atoms. The van der Waals surface area contributed by atoms with Crippen LogP contribution in [0.15, 0.2) is 18.3 Å². The highest BCUT2D eigenvalue weighted by atomic mass is 19.4. The molecule has 0 spiro atoms. The minimum Gasteiger partial charge on any atom is -0.506 e. The largest absolute Gasteiger partial charge is 0.506 e. The zero-order valence-corrected chi connectivity index (χ0v) is 7.58. The maximum Gasteiger partial charge on any atom is 0.413 e. The quantitative estimate of drug-likeness (QED) is 0.596. The van der Waals surface area contributed by atoms with Crippen LogP contribution < -0.4 is 5.48 Å². The zero-order chi connectivity index (χ0) is 11.3. The summed E-state index contributed by atoms with van der Waals surface area (Å²) < 4.78 is 34.9. The smallest absolute Gasteiger partial charge is 0.413 e. The monoisotopic (exact) mass is 222 g/mol. The number of hydroxylamine groups is 1. The van der Waals surface area contributed by atoms with E-state index in [0.717, 1.165) is 0 Å². The SMILES string of the molecule is Oc1ccc(CNOCC(F)(F)F)nc1. The molecule has 0 atom stereocenters. The number of pyridine rings is 1. The fraction of sp³-hybridized carbons (Fsp3) is 0.375. The summed E-state index contributed by atoms with van der Waals surface area (Å²) in [5.41, 5.74) is 2.58. The van der Waals surface area contributed by atoms with E-state index in [4.69, 9.17) is 5.11 Å². The Morgan fingerprint density at radius 3 is 2.67 bits per heavy atom. The van der Waals surface area contributed by atoms with Gasteiger partial charge in [0.25, 0.3) is 0 Å². The van der Waals surface area contributed by atoms with Gasteiger partial charge in [-0.05, 0) is 12.1 Å². The predicted molar refractivity (Wildman–Crippen MR) is 44.7 cm³/mol. The molecule has 4 nitrogen and oxygen atoms in total. The number of aromatic hydroxyl groups is 1. The van der Waals surface area contributed by atoms with E-state index in [1.54, 1.807) is 0 Å². The van der Waals surface area contributed by atoms with Crippen molar-refractivity contribution in [3.8, 4) is 5.75 Å². The molecule has 0 radical (unpaired) electrons. The van der Waals surface area contributed by atoms with E-state index < -0.39 is 12.8 Å². The maximum absolute atomic E-state index is 11.6. The van der Waals surface area contributed by atoms with Crippen molar-refractivity contribution in [2.75, 3.05) is 6.61 Å². The Labute approximate surface area is 83.7 Å². The van der Waals surface area contributed by atoms with Crippen LogP contribution in [0.4, 0.5) is 13.2 Å². The van der Waals surface area contributed by atoms with Gasteiger partial charge in [0.05, 0.1) is 18.4 Å². The summed E-state index contributed by atoms with van der Waals surface area (Å²) in [6.07, 6.45) is -3.16. The summed E-state index contributed by atoms with van der Waals surface area (Å²) in [7, 11) is 0. The molecule has 1 aromatic heterocycles. The summed E-state index contributed by atoms with van der Waals surface area (Å²) in [4.78, 5) is 7.89. The molecule has 0 unspecified atom stereocenters. The van der Waals surface area contributed by atoms with Crippen LogP contribution in [0.25, 0.3) is 0 Å². The normalized spacial score (nSPS) is 11.7. The predicted octanol–water partition coefficient (Wildman–Crippen LogP) is 1.37. The van der Waals surface area contributed by atoms with Crippen LogP contribution in [-0.2, 0) is 11.4 Å². The lowest BCUT2D eigenvalue weighted by atomic mass is 10.3. The summed E-state index contributed by atoms with van der Waals surface area (Å²) in [5, 5.41) is 8.87. The number of nitrogens with zero attached hydrogens (tertiary/aromatic N) is 1. The standard InChI is InChI=1S/C8H9F3N2O2/c9-8(10,11)5-15-13-3-6-1-2-7(14)4-12-6/h1-2,4,13-14H,3,5H2. The third kappa shape index (κ3) is 5.18. The molecule has 0 aliphatic rings. The van der Waals surface area contributed by atoms with Crippen molar-refractivity contribution in [3.63, 3.8) is 0 Å². The first kappa shape index (κ1) is 11.7. The maximum atomic E-state index is 11.6. The van der Waals surface area contributed by atoms with Crippen molar-refractivity contribution in [3.05, 3.63) is 24.0 Å². The molecule has 0 saturated heterocycles. The second kappa shape index (κ2) is 4.94. The van der Waals surface area contributed by atoms with Crippen molar-refractivity contribution >= 4 is 0 Å². The molecule has 0 aromatic carbocycles. The van der Waals surface area contributed by atoms with Crippen LogP contribution in [-0.4, -0.2) is 22.9 Å². The molecule has 1 rings (SSSR count). The van der Waals surface area contributed by atoms with Gasteiger partial charge in [0, 0.05) is 0 Å². The van der Waals surface area contributed by atoms with Gasteiger partial charge in [-0.3, -0.25) is 9.82 Å². The minimum absolute atomic E-state index is 0.00467. The van der Waals surface area contributed by atoms with Crippen LogP contribution >= 0.6 is 0 Å². The number of aromatic nitrogens is 1. The summed E-state index contributed by atoms with van der Waals surface area (Å²) in [5.74, 6) is -0.00467. The third-order valence-electron chi connectivity index (χ3n) is 1.40. The average Bonchev–Trinajstić information content (AvgIpc) is 2.14. The molecule has 1 heterocycles. The summed E-state index contributed by atoms with van der Waals surface area (Å²) in [6.45, 7) is -1.32. The van der Waals surface area contributed by atoms with E-state index in [-0.39, 0.29) is 12.3 Å². The van der Waals surface area contributed by atoms with Gasteiger partial charge in [-0.1, -0.05) is 0 Å². The van der Waals surface area contributed by atoms with Gasteiger partial charge in [0.1, 0.15) is 5.75 Å². The third-order valence-corrected chi connectivity index (χ3v) is 1.40. The van der Waals surface area contributed by atoms with Crippen molar-refractivity contribution in [2.45, 2.75) is 12.7 Å². The fourth-order valence-electron chi connectivity index (χ4n) is 0.779. The number of nitrogens with one attached hydrogen (secondary N) is 1. The second-order valence-electron chi connectivity index (χ2n) is 2.73. The van der Waals surface area contributed by atoms with Gasteiger partial charge in [-0.2, -0.15) is 18.7 Å². The van der Waals surface area contributed by atoms with Crippen LogP contribution in [0, 0.1) is 0 Å². The number of alkyl halides is 3. The van der Waals surface area contributed by atoms with E-state index in [2.05, 4.69) is 15.3 Å². The van der Waals surface area contributed by atoms with E-state index >= 15 is 0 Å². The summed E-state index contributed by atoms with van der Waals surface area (Å²) >= 11 is 0. The first-order chi connectivity index (χ1) is 6.97. The van der Waals surface area contributed by atoms with E-state index in [9.17, 15) is 13.2 Å². The molecular formula is C8H9F3N2O2. The Kier molecular flexibility index (Phi) is 3.87. The first-order valence-corrected chi connectivity index (χ1v) is 4.03.